The molecule has 0 saturated carbocycles. The number of hydrazine groups is 1. The Balaban J connectivity index is 1.49. The number of ether oxygens (including phenoxy) is 3. The van der Waals surface area contributed by atoms with Crippen molar-refractivity contribution in [1.82, 2.24) is 41.3 Å². The SMILES string of the molecule is CCCC(=O)OCN(C(=O)C(NC(=O)[C@H]1CCCCN1C)[C@@H](C)CC)[C@H](C[C@@H](OC(C)=O)c1nc(C(=O)N[C@@H](Cc2ccc(O)cc2)C[C@H](C)C(=O)NNC(=O)OCCSSc2ncccc2[N+](=O)[O-])cs1)C(C)C. The first kappa shape index (κ1) is 61.5. The average Bonchev–Trinajstić information content (AvgIpc) is 3.88. The molecule has 5 amide bonds. The van der Waals surface area contributed by atoms with Gasteiger partial charge < -0.3 is 34.9 Å². The second-order valence-electron chi connectivity index (χ2n) is 18.7. The lowest BCUT2D eigenvalue weighted by Gasteiger charge is -2.39. The number of pyridine rings is 1. The number of hydrogen-bond donors (Lipinski definition) is 5. The fourth-order valence-corrected chi connectivity index (χ4v) is 10.9. The van der Waals surface area contributed by atoms with E-state index >= 15 is 0 Å². The number of amides is 5. The molecule has 1 saturated heterocycles. The molecule has 7 atom stereocenters. The number of nitrogens with one attached hydrogen (secondary N) is 4. The molecular weight excluding hydrogens is 1030 g/mol. The Bertz CT molecular complexity index is 2400. The highest BCUT2D eigenvalue weighted by molar-refractivity contribution is 8.76. The normalized spacial score (nSPS) is 16.0. The number of aromatic hydroxyl groups is 1. The van der Waals surface area contributed by atoms with Crippen LogP contribution >= 0.6 is 32.9 Å². The zero-order chi connectivity index (χ0) is 55.2. The van der Waals surface area contributed by atoms with Crippen molar-refractivity contribution in [2.45, 2.75) is 142 Å². The first-order chi connectivity index (χ1) is 35.7. The summed E-state index contributed by atoms with van der Waals surface area (Å²) in [6.07, 6.45) is 3.41. The highest BCUT2D eigenvalue weighted by Gasteiger charge is 2.39. The van der Waals surface area contributed by atoms with E-state index in [-0.39, 0.29) is 83.0 Å². The molecule has 0 spiro atoms. The van der Waals surface area contributed by atoms with Crippen LogP contribution in [0.25, 0.3) is 0 Å². The third-order valence-corrected chi connectivity index (χ3v) is 15.7. The Morgan fingerprint density at radius 1 is 1.00 bits per heavy atom. The van der Waals surface area contributed by atoms with E-state index in [1.807, 2.05) is 46.6 Å². The quantitative estimate of drug-likeness (QED) is 0.00941. The number of hydrogen-bond acceptors (Lipinski definition) is 19. The minimum atomic E-state index is -1.07. The number of phenolic OH excluding ortho intramolecular Hbond substituents is 1. The first-order valence-electron chi connectivity index (χ1n) is 25.0. The number of rotatable bonds is 28. The molecule has 0 radical (unpaired) electrons. The smallest absolute Gasteiger partial charge is 0.426 e. The summed E-state index contributed by atoms with van der Waals surface area (Å²) in [5.41, 5.74) is 5.09. The van der Waals surface area contributed by atoms with E-state index in [0.717, 1.165) is 47.1 Å². The number of aromatic nitrogens is 2. The number of carbonyl (C=O) groups is 7. The topological polar surface area (TPSA) is 291 Å². The zero-order valence-electron chi connectivity index (χ0n) is 43.7. The molecular formula is C50H71N9O13S3. The fourth-order valence-electron chi connectivity index (χ4n) is 8.20. The van der Waals surface area contributed by atoms with Crippen LogP contribution in [-0.2, 0) is 44.6 Å². The summed E-state index contributed by atoms with van der Waals surface area (Å²) < 4.78 is 16.7. The number of nitro groups is 1. The average molecular weight is 1100 g/mol. The van der Waals surface area contributed by atoms with E-state index in [0.29, 0.717) is 19.3 Å². The molecule has 1 unspecified atom stereocenters. The second kappa shape index (κ2) is 31.1. The van der Waals surface area contributed by atoms with Crippen molar-refractivity contribution in [3.63, 3.8) is 0 Å². The number of likely N-dealkylation sites (N-methyl/N-ethyl adjacent to an activating group) is 1. The predicted octanol–water partition coefficient (Wildman–Crippen LogP) is 6.88. The number of esters is 2. The summed E-state index contributed by atoms with van der Waals surface area (Å²) in [6, 6.07) is 6.33. The Hall–Kier alpha value is -6.05. The van der Waals surface area contributed by atoms with Crippen molar-refractivity contribution in [2.24, 2.45) is 17.8 Å². The fraction of sp³-hybridized carbons (Fsp3) is 0.580. The third kappa shape index (κ3) is 19.9. The van der Waals surface area contributed by atoms with E-state index in [9.17, 15) is 48.8 Å². The van der Waals surface area contributed by atoms with Gasteiger partial charge in [-0.05, 0) is 92.1 Å². The lowest BCUT2D eigenvalue weighted by molar-refractivity contribution is -0.388. The van der Waals surface area contributed by atoms with Gasteiger partial charge in [-0.15, -0.1) is 11.3 Å². The number of piperidine rings is 1. The van der Waals surface area contributed by atoms with Crippen molar-refractivity contribution in [3.8, 4) is 5.75 Å². The van der Waals surface area contributed by atoms with Crippen molar-refractivity contribution < 1.29 is 57.8 Å². The van der Waals surface area contributed by atoms with Gasteiger partial charge in [-0.25, -0.2) is 20.2 Å². The van der Waals surface area contributed by atoms with Gasteiger partial charge in [0, 0.05) is 61.2 Å². The summed E-state index contributed by atoms with van der Waals surface area (Å²) in [5, 5.41) is 29.1. The van der Waals surface area contributed by atoms with Gasteiger partial charge in [0.25, 0.3) is 5.91 Å². The molecule has 25 heteroatoms. The molecule has 0 bridgehead atoms. The van der Waals surface area contributed by atoms with E-state index in [1.54, 1.807) is 19.1 Å². The molecule has 75 heavy (non-hydrogen) atoms. The Labute approximate surface area is 449 Å². The van der Waals surface area contributed by atoms with Crippen molar-refractivity contribution in [2.75, 3.05) is 32.7 Å². The van der Waals surface area contributed by atoms with Crippen LogP contribution in [-0.4, -0.2) is 128 Å². The number of phenols is 1. The van der Waals surface area contributed by atoms with Crippen LogP contribution in [0.1, 0.15) is 127 Å². The van der Waals surface area contributed by atoms with Gasteiger partial charge in [0.1, 0.15) is 29.1 Å². The molecule has 5 N–H and O–H groups in total. The Kier molecular flexibility index (Phi) is 25.5. The van der Waals surface area contributed by atoms with Gasteiger partial charge in [0.15, 0.2) is 17.9 Å². The minimum Gasteiger partial charge on any atom is -0.508 e. The highest BCUT2D eigenvalue weighted by atomic mass is 33.1. The van der Waals surface area contributed by atoms with Gasteiger partial charge >= 0.3 is 23.7 Å². The number of thiazole rings is 1. The molecule has 412 valence electrons. The first-order valence-corrected chi connectivity index (χ1v) is 28.2. The van der Waals surface area contributed by atoms with Gasteiger partial charge in [0.05, 0.1) is 11.0 Å². The number of likely N-dealkylation sites (tertiary alicyclic amines) is 1. The number of carbonyl (C=O) groups excluding carboxylic acids is 7. The van der Waals surface area contributed by atoms with Crippen molar-refractivity contribution in [1.29, 1.82) is 0 Å². The van der Waals surface area contributed by atoms with Crippen molar-refractivity contribution >= 4 is 80.3 Å². The Morgan fingerprint density at radius 2 is 1.73 bits per heavy atom. The standard InChI is InChI=1S/C50H71N9O13S3/c1-9-14-42(62)71-29-58(49(66)43(31(5)10-2)54-46(65)38-15-11-12-22-57(38)8)40(30(3)4)27-41(72-33(7)60)48-53-37(28-73-48)45(64)52-35(26-34-17-19-36(61)20-18-34)25-32(6)44(63)55-56-50(67)70-23-24-74-75-47-39(59(68)69)16-13-21-51-47/h13,16-21,28,30-32,35,38,40-41,43,61H,9-12,14-15,22-27,29H2,1-8H3,(H,52,64)(H,54,65)(H,55,63)(H,56,67)/t31-,32-,35+,38+,40+,41+,43?/m0/s1. The van der Waals surface area contributed by atoms with Gasteiger partial charge in [-0.2, -0.15) is 0 Å². The summed E-state index contributed by atoms with van der Waals surface area (Å²) in [4.78, 5) is 117. The molecule has 0 aliphatic carbocycles. The molecule has 3 heterocycles. The van der Waals surface area contributed by atoms with E-state index in [2.05, 4.69) is 31.5 Å². The zero-order valence-corrected chi connectivity index (χ0v) is 46.2. The summed E-state index contributed by atoms with van der Waals surface area (Å²) >= 11 is 1.06. The van der Waals surface area contributed by atoms with Crippen LogP contribution in [0.15, 0.2) is 53.0 Å². The third-order valence-electron chi connectivity index (χ3n) is 12.5. The highest BCUT2D eigenvalue weighted by Crippen LogP contribution is 2.35. The molecule has 22 nitrogen and oxygen atoms in total. The van der Waals surface area contributed by atoms with Gasteiger partial charge in [-0.1, -0.05) is 77.3 Å². The molecule has 1 aliphatic heterocycles. The lowest BCUT2D eigenvalue weighted by Crippen LogP contribution is -2.59. The van der Waals surface area contributed by atoms with Crippen LogP contribution < -0.4 is 21.5 Å². The minimum absolute atomic E-state index is 0.0100. The molecule has 4 rings (SSSR count). The maximum absolute atomic E-state index is 14.9. The maximum Gasteiger partial charge on any atom is 0.426 e. The van der Waals surface area contributed by atoms with E-state index < -0.39 is 83.6 Å². The van der Waals surface area contributed by atoms with Crippen LogP contribution in [0.3, 0.4) is 0 Å². The Morgan fingerprint density at radius 3 is 2.39 bits per heavy atom. The molecule has 1 aromatic carbocycles. The monoisotopic (exact) mass is 1100 g/mol. The van der Waals surface area contributed by atoms with Gasteiger partial charge in [0.2, 0.25) is 17.7 Å². The predicted molar refractivity (Wildman–Crippen MR) is 283 cm³/mol. The summed E-state index contributed by atoms with van der Waals surface area (Å²) in [7, 11) is 4.14. The molecule has 1 fully saturated rings. The van der Waals surface area contributed by atoms with Crippen LogP contribution in [0, 0.1) is 27.9 Å². The van der Waals surface area contributed by atoms with Crippen LogP contribution in [0.4, 0.5) is 10.5 Å². The molecule has 3 aromatic rings. The van der Waals surface area contributed by atoms with Gasteiger partial charge in [-0.3, -0.25) is 49.2 Å². The number of nitrogens with zero attached hydrogens (tertiary/aromatic N) is 5. The summed E-state index contributed by atoms with van der Waals surface area (Å²) in [6.45, 7) is 12.5. The largest absolute Gasteiger partial charge is 0.508 e. The molecule has 2 aromatic heterocycles. The maximum atomic E-state index is 14.9. The number of benzene rings is 1. The molecule has 1 aliphatic rings. The summed E-state index contributed by atoms with van der Waals surface area (Å²) in [5.74, 6) is -4.18. The van der Waals surface area contributed by atoms with Crippen LogP contribution in [0.5, 0.6) is 5.75 Å². The second-order valence-corrected chi connectivity index (χ2v) is 22.0. The lowest BCUT2D eigenvalue weighted by atomic mass is 9.92. The van der Waals surface area contributed by atoms with Crippen molar-refractivity contribution in [3.05, 3.63) is 74.4 Å². The van der Waals surface area contributed by atoms with E-state index in [4.69, 9.17) is 14.2 Å². The van der Waals surface area contributed by atoms with Crippen LogP contribution in [0.2, 0.25) is 0 Å². The van der Waals surface area contributed by atoms with E-state index in [1.165, 1.54) is 58.5 Å².